The molecule has 1 saturated heterocycles. The zero-order valence-electron chi connectivity index (χ0n) is 19.8. The Morgan fingerprint density at radius 3 is 2.55 bits per heavy atom. The minimum absolute atomic E-state index is 0.00701. The minimum Gasteiger partial charge on any atom is -0.400 e. The lowest BCUT2D eigenvalue weighted by molar-refractivity contribution is -0.125. The van der Waals surface area contributed by atoms with E-state index in [1.54, 1.807) is 13.1 Å². The monoisotopic (exact) mass is 437 g/mol. The zero-order valence-corrected chi connectivity index (χ0v) is 19.8. The van der Waals surface area contributed by atoms with E-state index in [1.807, 2.05) is 0 Å². The van der Waals surface area contributed by atoms with E-state index in [0.717, 1.165) is 44.7 Å². The van der Waals surface area contributed by atoms with E-state index < -0.39 is 0 Å². The third-order valence-corrected chi connectivity index (χ3v) is 5.73. The fourth-order valence-electron chi connectivity index (χ4n) is 3.97. The summed E-state index contributed by atoms with van der Waals surface area (Å²) in [5.74, 6) is 0.636. The smallest absolute Gasteiger partial charge is 0.237 e. The van der Waals surface area contributed by atoms with Crippen molar-refractivity contribution in [2.45, 2.75) is 58.4 Å². The predicted octanol–water partition coefficient (Wildman–Crippen LogP) is 2.22. The lowest BCUT2D eigenvalue weighted by atomic mass is 9.86. The van der Waals surface area contributed by atoms with Gasteiger partial charge in [0, 0.05) is 32.0 Å². The van der Waals surface area contributed by atoms with Crippen LogP contribution in [0, 0.1) is 23.7 Å². The Kier molecular flexibility index (Phi) is 15.6. The molecule has 0 radical (unpaired) electrons. The van der Waals surface area contributed by atoms with Crippen LogP contribution < -0.4 is 16.0 Å². The maximum absolute atomic E-state index is 12.3. The molecule has 1 heterocycles. The molecule has 0 aromatic rings. The first kappa shape index (κ1) is 29.0. The number of likely N-dealkylation sites (N-methyl/N-ethyl adjacent to an activating group) is 1. The van der Waals surface area contributed by atoms with Gasteiger partial charge in [-0.15, -0.1) is 0 Å². The minimum atomic E-state index is -0.200. The summed E-state index contributed by atoms with van der Waals surface area (Å²) in [6, 6.07) is -0.200. The van der Waals surface area contributed by atoms with Crippen molar-refractivity contribution >= 4 is 18.1 Å². The fourth-order valence-corrected chi connectivity index (χ4v) is 3.97. The number of aliphatic hydroxyl groups is 1. The van der Waals surface area contributed by atoms with Gasteiger partial charge >= 0.3 is 0 Å². The molecule has 1 aliphatic heterocycles. The number of carbonyl (C=O) groups is 3. The Morgan fingerprint density at radius 2 is 2.00 bits per heavy atom. The summed E-state index contributed by atoms with van der Waals surface area (Å²) in [7, 11) is 2.80. The van der Waals surface area contributed by atoms with Crippen LogP contribution in [0.3, 0.4) is 0 Å². The number of hydrogen-bond acceptors (Lipinski definition) is 5. The highest BCUT2D eigenvalue weighted by Crippen LogP contribution is 2.27. The van der Waals surface area contributed by atoms with Crippen LogP contribution in [0.2, 0.25) is 0 Å². The number of aliphatic hydroxyl groups excluding tert-OH is 1. The SMILES string of the molecule is C=CC(=C)CC(C=O)CCCC1CNC(=O)C1CCNC(=O)C(CC(C)C)NC.CO. The molecule has 7 nitrogen and oxygen atoms in total. The Balaban J connectivity index is 0.00000436. The van der Waals surface area contributed by atoms with Crippen molar-refractivity contribution in [3.63, 3.8) is 0 Å². The van der Waals surface area contributed by atoms with Gasteiger partial charge in [-0.05, 0) is 51.0 Å². The van der Waals surface area contributed by atoms with Crippen molar-refractivity contribution < 1.29 is 19.5 Å². The van der Waals surface area contributed by atoms with Crippen LogP contribution in [0.25, 0.3) is 0 Å². The molecule has 1 fully saturated rings. The number of allylic oxidation sites excluding steroid dienone is 2. The Labute approximate surface area is 188 Å². The molecule has 0 aromatic heterocycles. The number of carbonyl (C=O) groups excluding carboxylic acids is 3. The van der Waals surface area contributed by atoms with Gasteiger partial charge in [-0.1, -0.05) is 45.1 Å². The van der Waals surface area contributed by atoms with E-state index in [9.17, 15) is 14.4 Å². The summed E-state index contributed by atoms with van der Waals surface area (Å²) in [6.07, 6.45) is 7.35. The van der Waals surface area contributed by atoms with Crippen LogP contribution >= 0.6 is 0 Å². The van der Waals surface area contributed by atoms with Gasteiger partial charge < -0.3 is 25.9 Å². The Morgan fingerprint density at radius 1 is 1.32 bits per heavy atom. The van der Waals surface area contributed by atoms with Crippen molar-refractivity contribution in [1.29, 1.82) is 0 Å². The van der Waals surface area contributed by atoms with Crippen LogP contribution in [0.5, 0.6) is 0 Å². The molecule has 4 atom stereocenters. The van der Waals surface area contributed by atoms with E-state index in [-0.39, 0.29) is 35.6 Å². The molecule has 4 N–H and O–H groups in total. The van der Waals surface area contributed by atoms with Gasteiger partial charge in [-0.2, -0.15) is 0 Å². The lowest BCUT2D eigenvalue weighted by Crippen LogP contribution is -2.44. The summed E-state index contributed by atoms with van der Waals surface area (Å²) in [5.41, 5.74) is 0.880. The topological polar surface area (TPSA) is 108 Å². The highest BCUT2D eigenvalue weighted by Gasteiger charge is 2.34. The summed E-state index contributed by atoms with van der Waals surface area (Å²) in [4.78, 5) is 35.8. The van der Waals surface area contributed by atoms with Crippen LogP contribution in [-0.2, 0) is 14.4 Å². The summed E-state index contributed by atoms with van der Waals surface area (Å²) in [5, 5.41) is 16.0. The number of aldehydes is 1. The largest absolute Gasteiger partial charge is 0.400 e. The van der Waals surface area contributed by atoms with Crippen LogP contribution in [0.4, 0.5) is 0 Å². The van der Waals surface area contributed by atoms with Crippen molar-refractivity contribution in [2.24, 2.45) is 23.7 Å². The molecular formula is C24H43N3O4. The maximum Gasteiger partial charge on any atom is 0.237 e. The second-order valence-corrected chi connectivity index (χ2v) is 8.56. The molecule has 31 heavy (non-hydrogen) atoms. The second-order valence-electron chi connectivity index (χ2n) is 8.56. The van der Waals surface area contributed by atoms with Gasteiger partial charge in [-0.25, -0.2) is 0 Å². The predicted molar refractivity (Wildman–Crippen MR) is 125 cm³/mol. The van der Waals surface area contributed by atoms with Crippen molar-refractivity contribution in [3.8, 4) is 0 Å². The molecule has 1 aliphatic rings. The quantitative estimate of drug-likeness (QED) is 0.232. The molecule has 7 heteroatoms. The van der Waals surface area contributed by atoms with Crippen molar-refractivity contribution in [2.75, 3.05) is 27.2 Å². The van der Waals surface area contributed by atoms with Gasteiger partial charge in [0.1, 0.15) is 6.29 Å². The van der Waals surface area contributed by atoms with Gasteiger partial charge in [0.05, 0.1) is 6.04 Å². The second kappa shape index (κ2) is 16.7. The van der Waals surface area contributed by atoms with Crippen LogP contribution in [-0.4, -0.2) is 56.5 Å². The van der Waals surface area contributed by atoms with E-state index >= 15 is 0 Å². The molecule has 2 amide bonds. The van der Waals surface area contributed by atoms with E-state index in [2.05, 4.69) is 43.0 Å². The summed E-state index contributed by atoms with van der Waals surface area (Å²) in [6.45, 7) is 12.9. The molecule has 0 spiro atoms. The number of hydrogen-bond donors (Lipinski definition) is 4. The molecule has 0 saturated carbocycles. The van der Waals surface area contributed by atoms with Gasteiger partial charge in [0.15, 0.2) is 0 Å². The van der Waals surface area contributed by atoms with Gasteiger partial charge in [0.25, 0.3) is 0 Å². The Bertz CT molecular complexity index is 577. The number of nitrogens with one attached hydrogen (secondary N) is 3. The highest BCUT2D eigenvalue weighted by atomic mass is 16.2. The van der Waals surface area contributed by atoms with E-state index in [0.29, 0.717) is 31.8 Å². The van der Waals surface area contributed by atoms with Crippen molar-refractivity contribution in [1.82, 2.24) is 16.0 Å². The normalized spacial score (nSPS) is 19.6. The average Bonchev–Trinajstić information content (AvgIpc) is 3.11. The average molecular weight is 438 g/mol. The first-order valence-corrected chi connectivity index (χ1v) is 11.2. The Hall–Kier alpha value is -1.99. The van der Waals surface area contributed by atoms with Crippen LogP contribution in [0.1, 0.15) is 52.4 Å². The highest BCUT2D eigenvalue weighted by molar-refractivity contribution is 5.82. The molecule has 0 aromatic carbocycles. The van der Waals surface area contributed by atoms with Crippen LogP contribution in [0.15, 0.2) is 24.8 Å². The molecule has 1 rings (SSSR count). The molecule has 0 bridgehead atoms. The maximum atomic E-state index is 12.3. The molecule has 4 unspecified atom stereocenters. The lowest BCUT2D eigenvalue weighted by Gasteiger charge is -2.20. The van der Waals surface area contributed by atoms with E-state index in [1.165, 1.54) is 0 Å². The zero-order chi connectivity index (χ0) is 23.8. The third-order valence-electron chi connectivity index (χ3n) is 5.73. The molecule has 178 valence electrons. The van der Waals surface area contributed by atoms with Crippen molar-refractivity contribution in [3.05, 3.63) is 24.8 Å². The third kappa shape index (κ3) is 11.3. The molecular weight excluding hydrogens is 394 g/mol. The van der Waals surface area contributed by atoms with Gasteiger partial charge in [-0.3, -0.25) is 9.59 Å². The van der Waals surface area contributed by atoms with E-state index in [4.69, 9.17) is 5.11 Å². The first-order valence-electron chi connectivity index (χ1n) is 11.2. The molecule has 0 aliphatic carbocycles. The first-order chi connectivity index (χ1) is 14.8. The number of rotatable bonds is 15. The van der Waals surface area contributed by atoms with Gasteiger partial charge in [0.2, 0.25) is 11.8 Å². The fraction of sp³-hybridized carbons (Fsp3) is 0.708. The standard InChI is InChI=1S/C23H39N3O3.CH4O/c1-6-17(4)13-18(15-27)8-7-9-19-14-26-22(28)20(19)10-11-25-23(29)21(24-5)12-16(2)3;1-2/h6,15-16,18-21,24H,1,4,7-14H2,2-3,5H3,(H,25,29)(H,26,28);2H,1H3. The number of amides is 2. The summed E-state index contributed by atoms with van der Waals surface area (Å²) < 4.78 is 0. The summed E-state index contributed by atoms with van der Waals surface area (Å²) >= 11 is 0.